The molecule has 0 saturated heterocycles. The molecule has 0 aliphatic heterocycles. The monoisotopic (exact) mass is 326 g/mol. The standard InChI is InChI=1S/C13H14N2O4S2/c1-9-2-4-10(5-3-9)20(16,17)13-7-6-11(8-12(13)14)21(15,18)19/h2-8H,14H2,1H3,(H2,15,18,19). The molecule has 0 aliphatic carbocycles. The van der Waals surface area contributed by atoms with E-state index in [1.807, 2.05) is 6.92 Å². The third kappa shape index (κ3) is 3.07. The van der Waals surface area contributed by atoms with E-state index in [0.717, 1.165) is 23.8 Å². The Kier molecular flexibility index (Phi) is 3.79. The van der Waals surface area contributed by atoms with Crippen LogP contribution in [0.5, 0.6) is 0 Å². The third-order valence-electron chi connectivity index (χ3n) is 2.93. The second-order valence-electron chi connectivity index (χ2n) is 4.56. The summed E-state index contributed by atoms with van der Waals surface area (Å²) in [4.78, 5) is -0.301. The van der Waals surface area contributed by atoms with Gasteiger partial charge in [0.1, 0.15) is 0 Å². The average Bonchev–Trinajstić information content (AvgIpc) is 2.37. The number of aryl methyl sites for hydroxylation is 1. The van der Waals surface area contributed by atoms with Gasteiger partial charge < -0.3 is 5.73 Å². The van der Waals surface area contributed by atoms with Crippen LogP contribution in [0, 0.1) is 6.92 Å². The van der Waals surface area contributed by atoms with E-state index in [1.165, 1.54) is 12.1 Å². The van der Waals surface area contributed by atoms with E-state index in [2.05, 4.69) is 0 Å². The van der Waals surface area contributed by atoms with Gasteiger partial charge in [-0.05, 0) is 37.3 Å². The zero-order chi connectivity index (χ0) is 15.8. The summed E-state index contributed by atoms with van der Waals surface area (Å²) >= 11 is 0. The Morgan fingerprint density at radius 3 is 1.86 bits per heavy atom. The molecule has 0 aromatic heterocycles. The molecule has 0 bridgehead atoms. The highest BCUT2D eigenvalue weighted by molar-refractivity contribution is 7.91. The normalized spacial score (nSPS) is 12.3. The van der Waals surface area contributed by atoms with Crippen LogP contribution in [0.2, 0.25) is 0 Å². The first-order chi connectivity index (χ1) is 9.62. The molecule has 0 heterocycles. The minimum atomic E-state index is -3.93. The van der Waals surface area contributed by atoms with E-state index in [4.69, 9.17) is 10.9 Å². The van der Waals surface area contributed by atoms with E-state index in [1.54, 1.807) is 12.1 Å². The molecule has 0 unspecified atom stereocenters. The van der Waals surface area contributed by atoms with Crippen LogP contribution in [0.4, 0.5) is 5.69 Å². The molecule has 21 heavy (non-hydrogen) atoms. The minimum absolute atomic E-state index is 0.0863. The van der Waals surface area contributed by atoms with E-state index in [0.29, 0.717) is 0 Å². The minimum Gasteiger partial charge on any atom is -0.398 e. The topological polar surface area (TPSA) is 120 Å². The van der Waals surface area contributed by atoms with Crippen molar-refractivity contribution in [3.05, 3.63) is 48.0 Å². The van der Waals surface area contributed by atoms with Crippen molar-refractivity contribution in [3.8, 4) is 0 Å². The van der Waals surface area contributed by atoms with Crippen molar-refractivity contribution in [2.75, 3.05) is 5.73 Å². The molecular weight excluding hydrogens is 312 g/mol. The van der Waals surface area contributed by atoms with Crippen molar-refractivity contribution in [2.45, 2.75) is 21.6 Å². The number of rotatable bonds is 3. The Labute approximate surface area is 123 Å². The lowest BCUT2D eigenvalue weighted by atomic mass is 10.2. The van der Waals surface area contributed by atoms with Crippen molar-refractivity contribution in [2.24, 2.45) is 5.14 Å². The van der Waals surface area contributed by atoms with Gasteiger partial charge in [-0.25, -0.2) is 22.0 Å². The smallest absolute Gasteiger partial charge is 0.238 e. The van der Waals surface area contributed by atoms with Gasteiger partial charge in [0.15, 0.2) is 0 Å². The number of benzene rings is 2. The van der Waals surface area contributed by atoms with Gasteiger partial charge in [0.2, 0.25) is 19.9 Å². The number of hydrogen-bond donors (Lipinski definition) is 2. The number of hydrogen-bond acceptors (Lipinski definition) is 5. The summed E-state index contributed by atoms with van der Waals surface area (Å²) in [7, 11) is -7.74. The molecule has 2 rings (SSSR count). The number of primary sulfonamides is 1. The summed E-state index contributed by atoms with van der Waals surface area (Å²) in [5.41, 5.74) is 6.43. The molecule has 0 radical (unpaired) electrons. The largest absolute Gasteiger partial charge is 0.398 e. The quantitative estimate of drug-likeness (QED) is 0.817. The van der Waals surface area contributed by atoms with Crippen molar-refractivity contribution >= 4 is 25.5 Å². The second kappa shape index (κ2) is 5.14. The molecule has 2 aromatic rings. The Morgan fingerprint density at radius 1 is 0.857 bits per heavy atom. The van der Waals surface area contributed by atoms with E-state index >= 15 is 0 Å². The summed E-state index contributed by atoms with van der Waals surface area (Å²) in [6.07, 6.45) is 0. The van der Waals surface area contributed by atoms with Crippen LogP contribution >= 0.6 is 0 Å². The Morgan fingerprint density at radius 2 is 1.38 bits per heavy atom. The first kappa shape index (κ1) is 15.5. The molecule has 8 heteroatoms. The molecule has 112 valence electrons. The van der Waals surface area contributed by atoms with Gasteiger partial charge in [0.25, 0.3) is 0 Å². The van der Waals surface area contributed by atoms with Gasteiger partial charge in [-0.15, -0.1) is 0 Å². The SMILES string of the molecule is Cc1ccc(S(=O)(=O)c2ccc(S(N)(=O)=O)cc2N)cc1. The van der Waals surface area contributed by atoms with Crippen LogP contribution in [-0.4, -0.2) is 16.8 Å². The lowest BCUT2D eigenvalue weighted by molar-refractivity contribution is 0.593. The average molecular weight is 326 g/mol. The number of anilines is 1. The van der Waals surface area contributed by atoms with Crippen molar-refractivity contribution < 1.29 is 16.8 Å². The Bertz CT molecular complexity index is 886. The molecule has 0 aliphatic rings. The van der Waals surface area contributed by atoms with Crippen molar-refractivity contribution in [1.29, 1.82) is 0 Å². The highest BCUT2D eigenvalue weighted by atomic mass is 32.2. The predicted molar refractivity (Wildman–Crippen MR) is 78.9 cm³/mol. The summed E-state index contributed by atoms with van der Waals surface area (Å²) in [6, 6.07) is 9.58. The molecule has 2 aromatic carbocycles. The lowest BCUT2D eigenvalue weighted by Crippen LogP contribution is -2.13. The zero-order valence-corrected chi connectivity index (χ0v) is 12.8. The van der Waals surface area contributed by atoms with Gasteiger partial charge in [0.05, 0.1) is 20.4 Å². The number of nitrogens with two attached hydrogens (primary N) is 2. The predicted octanol–water partition coefficient (Wildman–Crippen LogP) is 1.06. The van der Waals surface area contributed by atoms with Gasteiger partial charge in [-0.3, -0.25) is 0 Å². The second-order valence-corrected chi connectivity index (χ2v) is 8.04. The maximum absolute atomic E-state index is 12.5. The third-order valence-corrected chi connectivity index (χ3v) is 5.69. The first-order valence-corrected chi connectivity index (χ1v) is 8.89. The van der Waals surface area contributed by atoms with Crippen LogP contribution in [0.1, 0.15) is 5.56 Å². The molecule has 6 nitrogen and oxygen atoms in total. The fourth-order valence-electron chi connectivity index (χ4n) is 1.79. The number of sulfonamides is 1. The van der Waals surface area contributed by atoms with Crippen LogP contribution in [-0.2, 0) is 19.9 Å². The molecule has 0 fully saturated rings. The fraction of sp³-hybridized carbons (Fsp3) is 0.0769. The van der Waals surface area contributed by atoms with Crippen LogP contribution < -0.4 is 10.9 Å². The summed E-state index contributed by atoms with van der Waals surface area (Å²) in [6.45, 7) is 1.84. The van der Waals surface area contributed by atoms with Gasteiger partial charge in [0, 0.05) is 0 Å². The first-order valence-electron chi connectivity index (χ1n) is 5.86. The fourth-order valence-corrected chi connectivity index (χ4v) is 3.71. The zero-order valence-electron chi connectivity index (χ0n) is 11.1. The van der Waals surface area contributed by atoms with Crippen molar-refractivity contribution in [1.82, 2.24) is 0 Å². The Balaban J connectivity index is 2.58. The lowest BCUT2D eigenvalue weighted by Gasteiger charge is -2.09. The number of sulfone groups is 1. The van der Waals surface area contributed by atoms with E-state index in [9.17, 15) is 16.8 Å². The molecule has 0 spiro atoms. The van der Waals surface area contributed by atoms with Crippen LogP contribution in [0.3, 0.4) is 0 Å². The number of nitrogen functional groups attached to an aromatic ring is 1. The van der Waals surface area contributed by atoms with Gasteiger partial charge >= 0.3 is 0 Å². The highest BCUT2D eigenvalue weighted by Crippen LogP contribution is 2.27. The van der Waals surface area contributed by atoms with E-state index in [-0.39, 0.29) is 20.4 Å². The Hall–Kier alpha value is -1.90. The van der Waals surface area contributed by atoms with Crippen LogP contribution in [0.15, 0.2) is 57.2 Å². The van der Waals surface area contributed by atoms with Crippen LogP contribution in [0.25, 0.3) is 0 Å². The molecule has 0 atom stereocenters. The van der Waals surface area contributed by atoms with Crippen molar-refractivity contribution in [3.63, 3.8) is 0 Å². The summed E-state index contributed by atoms with van der Waals surface area (Å²) in [5, 5.41) is 4.98. The van der Waals surface area contributed by atoms with Gasteiger partial charge in [-0.1, -0.05) is 17.7 Å². The molecule has 0 saturated carbocycles. The summed E-state index contributed by atoms with van der Waals surface area (Å²) in [5.74, 6) is 0. The van der Waals surface area contributed by atoms with E-state index < -0.39 is 19.9 Å². The highest BCUT2D eigenvalue weighted by Gasteiger charge is 2.22. The molecule has 4 N–H and O–H groups in total. The molecular formula is C13H14N2O4S2. The molecule has 0 amide bonds. The van der Waals surface area contributed by atoms with Gasteiger partial charge in [-0.2, -0.15) is 0 Å². The summed E-state index contributed by atoms with van der Waals surface area (Å²) < 4.78 is 47.4. The maximum atomic E-state index is 12.5. The maximum Gasteiger partial charge on any atom is 0.238 e.